The molecule has 3 heteroatoms. The molecule has 0 aromatic carbocycles. The van der Waals surface area contributed by atoms with Crippen LogP contribution in [0.25, 0.3) is 0 Å². The van der Waals surface area contributed by atoms with Gasteiger partial charge in [-0.05, 0) is 6.42 Å². The summed E-state index contributed by atoms with van der Waals surface area (Å²) in [5.74, 6) is 0.0713. The second kappa shape index (κ2) is 19.8. The minimum Gasteiger partial charge on any atom is -0.395 e. The molecule has 0 saturated heterocycles. The molecule has 0 bridgehead atoms. The monoisotopic (exact) mass is 273 g/mol. The third-order valence-corrected chi connectivity index (χ3v) is 2.94. The summed E-state index contributed by atoms with van der Waals surface area (Å²) in [6.07, 6.45) is 12.1. The maximum Gasteiger partial charge on any atom is 0.220 e. The van der Waals surface area contributed by atoms with Crippen LogP contribution in [0.3, 0.4) is 0 Å². The molecule has 116 valence electrons. The molecule has 0 aliphatic heterocycles. The molecule has 0 fully saturated rings. The van der Waals surface area contributed by atoms with Crippen LogP contribution in [0.2, 0.25) is 0 Å². The van der Waals surface area contributed by atoms with Gasteiger partial charge in [-0.15, -0.1) is 0 Å². The average molecular weight is 273 g/mol. The van der Waals surface area contributed by atoms with Crippen LogP contribution in [0.5, 0.6) is 0 Å². The first-order valence-corrected chi connectivity index (χ1v) is 8.18. The lowest BCUT2D eigenvalue weighted by molar-refractivity contribution is -0.121. The number of aliphatic hydroxyl groups excluding tert-OH is 1. The van der Waals surface area contributed by atoms with Crippen LogP contribution in [0.4, 0.5) is 0 Å². The maximum atomic E-state index is 11.2. The van der Waals surface area contributed by atoms with Crippen molar-refractivity contribution < 1.29 is 9.90 Å². The summed E-state index contributed by atoms with van der Waals surface area (Å²) in [4.78, 5) is 11.2. The fraction of sp³-hybridized carbons (Fsp3) is 0.938. The fourth-order valence-electron chi connectivity index (χ4n) is 1.88. The molecule has 3 nitrogen and oxygen atoms in total. The molecule has 0 rings (SSSR count). The smallest absolute Gasteiger partial charge is 0.220 e. The predicted octanol–water partition coefficient (Wildman–Crippen LogP) is 4.04. The Morgan fingerprint density at radius 1 is 0.895 bits per heavy atom. The zero-order valence-electron chi connectivity index (χ0n) is 13.3. The largest absolute Gasteiger partial charge is 0.395 e. The van der Waals surface area contributed by atoms with E-state index in [2.05, 4.69) is 12.2 Å². The number of rotatable bonds is 12. The Kier molecular flexibility index (Phi) is 21.6. The molecular formula is C16H35NO2. The molecule has 0 heterocycles. The second-order valence-electron chi connectivity index (χ2n) is 4.65. The number of unbranched alkanes of at least 4 members (excludes halogenated alkanes) is 8. The minimum absolute atomic E-state index is 0.0312. The number of aliphatic hydroxyl groups is 1. The molecule has 0 saturated carbocycles. The molecule has 0 spiro atoms. The SMILES string of the molecule is CC.CCCCCCCCCCCC(=O)NCCO. The molecule has 2 N–H and O–H groups in total. The summed E-state index contributed by atoms with van der Waals surface area (Å²) >= 11 is 0. The molecule has 19 heavy (non-hydrogen) atoms. The molecule has 0 radical (unpaired) electrons. The number of amides is 1. The van der Waals surface area contributed by atoms with Crippen molar-refractivity contribution in [1.82, 2.24) is 5.32 Å². The summed E-state index contributed by atoms with van der Waals surface area (Å²) in [5.41, 5.74) is 0. The van der Waals surface area contributed by atoms with Crippen LogP contribution in [0.15, 0.2) is 0 Å². The molecule has 0 aromatic heterocycles. The lowest BCUT2D eigenvalue weighted by Crippen LogP contribution is -2.25. The number of carbonyl (C=O) groups is 1. The first kappa shape index (κ1) is 20.7. The molecule has 0 aliphatic carbocycles. The lowest BCUT2D eigenvalue weighted by Gasteiger charge is -2.03. The highest BCUT2D eigenvalue weighted by atomic mass is 16.3. The van der Waals surface area contributed by atoms with E-state index in [1.165, 1.54) is 44.9 Å². The molecule has 0 aromatic rings. The van der Waals surface area contributed by atoms with Gasteiger partial charge < -0.3 is 10.4 Å². The van der Waals surface area contributed by atoms with Gasteiger partial charge in [-0.2, -0.15) is 0 Å². The van der Waals surface area contributed by atoms with Crippen molar-refractivity contribution in [3.8, 4) is 0 Å². The third kappa shape index (κ3) is 19.9. The van der Waals surface area contributed by atoms with Crippen LogP contribution in [-0.4, -0.2) is 24.2 Å². The summed E-state index contributed by atoms with van der Waals surface area (Å²) in [7, 11) is 0. The van der Waals surface area contributed by atoms with Gasteiger partial charge in [0.15, 0.2) is 0 Å². The first-order chi connectivity index (χ1) is 9.31. The Balaban J connectivity index is 0. The van der Waals surface area contributed by atoms with Crippen LogP contribution in [0, 0.1) is 0 Å². The van der Waals surface area contributed by atoms with Gasteiger partial charge in [-0.25, -0.2) is 0 Å². The Labute approximate surface area is 120 Å². The summed E-state index contributed by atoms with van der Waals surface area (Å²) in [6, 6.07) is 0. The van der Waals surface area contributed by atoms with Gasteiger partial charge in [0.1, 0.15) is 0 Å². The summed E-state index contributed by atoms with van der Waals surface area (Å²) < 4.78 is 0. The number of hydrogen-bond acceptors (Lipinski definition) is 2. The van der Waals surface area contributed by atoms with Crippen molar-refractivity contribution >= 4 is 5.91 Å². The van der Waals surface area contributed by atoms with Gasteiger partial charge in [-0.1, -0.05) is 72.1 Å². The lowest BCUT2D eigenvalue weighted by atomic mass is 10.1. The number of hydrogen-bond donors (Lipinski definition) is 2. The van der Waals surface area contributed by atoms with Gasteiger partial charge >= 0.3 is 0 Å². The van der Waals surface area contributed by atoms with E-state index in [0.29, 0.717) is 13.0 Å². The molecule has 1 amide bonds. The first-order valence-electron chi connectivity index (χ1n) is 8.18. The predicted molar refractivity (Wildman–Crippen MR) is 83.3 cm³/mol. The van der Waals surface area contributed by atoms with Crippen molar-refractivity contribution in [3.63, 3.8) is 0 Å². The quantitative estimate of drug-likeness (QED) is 0.527. The van der Waals surface area contributed by atoms with Gasteiger partial charge in [0.2, 0.25) is 5.91 Å². The highest BCUT2D eigenvalue weighted by Crippen LogP contribution is 2.10. The zero-order valence-corrected chi connectivity index (χ0v) is 13.3. The third-order valence-electron chi connectivity index (χ3n) is 2.94. The van der Waals surface area contributed by atoms with Crippen molar-refractivity contribution in [3.05, 3.63) is 0 Å². The Morgan fingerprint density at radius 3 is 1.84 bits per heavy atom. The van der Waals surface area contributed by atoms with E-state index in [4.69, 9.17) is 5.11 Å². The van der Waals surface area contributed by atoms with Gasteiger partial charge in [-0.3, -0.25) is 4.79 Å². The van der Waals surface area contributed by atoms with E-state index in [9.17, 15) is 4.79 Å². The zero-order chi connectivity index (χ0) is 14.8. The highest BCUT2D eigenvalue weighted by molar-refractivity contribution is 5.75. The summed E-state index contributed by atoms with van der Waals surface area (Å²) in [5, 5.41) is 11.2. The Bertz CT molecular complexity index is 172. The van der Waals surface area contributed by atoms with Crippen molar-refractivity contribution in [2.45, 2.75) is 85.0 Å². The minimum atomic E-state index is 0.0312. The van der Waals surface area contributed by atoms with Crippen LogP contribution in [0.1, 0.15) is 85.0 Å². The van der Waals surface area contributed by atoms with E-state index in [1.54, 1.807) is 0 Å². The molecule has 0 unspecified atom stereocenters. The van der Waals surface area contributed by atoms with Crippen molar-refractivity contribution in [2.75, 3.05) is 13.2 Å². The Hall–Kier alpha value is -0.570. The standard InChI is InChI=1S/C14H29NO2.C2H6/c1-2-3-4-5-6-7-8-9-10-11-14(17)15-12-13-16;1-2/h16H,2-13H2,1H3,(H,15,17);1-2H3. The molecule has 0 atom stereocenters. The maximum absolute atomic E-state index is 11.2. The van der Waals surface area contributed by atoms with Crippen LogP contribution >= 0.6 is 0 Å². The normalized spacial score (nSPS) is 9.68. The van der Waals surface area contributed by atoms with E-state index in [-0.39, 0.29) is 12.5 Å². The molecular weight excluding hydrogens is 238 g/mol. The Morgan fingerprint density at radius 2 is 1.37 bits per heavy atom. The highest BCUT2D eigenvalue weighted by Gasteiger charge is 1.99. The van der Waals surface area contributed by atoms with E-state index >= 15 is 0 Å². The van der Waals surface area contributed by atoms with E-state index in [0.717, 1.165) is 12.8 Å². The molecule has 0 aliphatic rings. The van der Waals surface area contributed by atoms with Crippen molar-refractivity contribution in [1.29, 1.82) is 0 Å². The fourth-order valence-corrected chi connectivity index (χ4v) is 1.88. The van der Waals surface area contributed by atoms with Gasteiger partial charge in [0.05, 0.1) is 6.61 Å². The van der Waals surface area contributed by atoms with E-state index < -0.39 is 0 Å². The average Bonchev–Trinajstić information content (AvgIpc) is 2.45. The number of nitrogens with one attached hydrogen (secondary N) is 1. The van der Waals surface area contributed by atoms with E-state index in [1.807, 2.05) is 13.8 Å². The van der Waals surface area contributed by atoms with Crippen molar-refractivity contribution in [2.24, 2.45) is 0 Å². The number of carbonyl (C=O) groups excluding carboxylic acids is 1. The second-order valence-corrected chi connectivity index (χ2v) is 4.65. The van der Waals surface area contributed by atoms with Crippen LogP contribution in [-0.2, 0) is 4.79 Å². The van der Waals surface area contributed by atoms with Gasteiger partial charge in [0.25, 0.3) is 0 Å². The van der Waals surface area contributed by atoms with Crippen LogP contribution < -0.4 is 5.32 Å². The van der Waals surface area contributed by atoms with Gasteiger partial charge in [0, 0.05) is 13.0 Å². The summed E-state index contributed by atoms with van der Waals surface area (Å²) in [6.45, 7) is 6.65. The topological polar surface area (TPSA) is 49.3 Å².